The zero-order chi connectivity index (χ0) is 19.9. The first kappa shape index (κ1) is 21.9. The van der Waals surface area contributed by atoms with Crippen molar-refractivity contribution < 1.29 is 28.8 Å². The Morgan fingerprint density at radius 3 is 2.00 bits per heavy atom. The number of phenols is 1. The number of hydrogen-bond acceptors (Lipinski definition) is 6. The molecule has 0 bridgehead atoms. The fraction of sp³-hybridized carbons (Fsp3) is 0.650. The lowest BCUT2D eigenvalue weighted by Gasteiger charge is -2.23. The Hall–Kier alpha value is -2.11. The topological polar surface area (TPSA) is 74.2 Å². The van der Waals surface area contributed by atoms with Crippen LogP contribution in [-0.4, -0.2) is 36.0 Å². The molecule has 0 spiro atoms. The molecule has 1 N–H and O–H groups in total. The van der Waals surface area contributed by atoms with Crippen molar-refractivity contribution in [3.05, 3.63) is 11.6 Å². The molecule has 0 aliphatic carbocycles. The summed E-state index contributed by atoms with van der Waals surface area (Å²) >= 11 is 0. The van der Waals surface area contributed by atoms with Gasteiger partial charge in [0.2, 0.25) is 11.5 Å². The van der Waals surface area contributed by atoms with E-state index in [-0.39, 0.29) is 41.1 Å². The van der Waals surface area contributed by atoms with Gasteiger partial charge in [0.25, 0.3) is 0 Å². The van der Waals surface area contributed by atoms with Crippen molar-refractivity contribution in [1.29, 1.82) is 0 Å². The Morgan fingerprint density at radius 2 is 1.50 bits per heavy atom. The second kappa shape index (κ2) is 10.1. The van der Waals surface area contributed by atoms with Crippen molar-refractivity contribution >= 4 is 5.97 Å². The van der Waals surface area contributed by atoms with Crippen LogP contribution in [0.15, 0.2) is 6.07 Å². The fourth-order valence-corrected chi connectivity index (χ4v) is 2.18. The predicted molar refractivity (Wildman–Crippen MR) is 101 cm³/mol. The van der Waals surface area contributed by atoms with E-state index in [1.165, 1.54) is 6.07 Å². The molecule has 0 saturated heterocycles. The van der Waals surface area contributed by atoms with Crippen LogP contribution in [0.25, 0.3) is 0 Å². The number of unbranched alkanes of at least 4 members (excludes halogenated alkanes) is 1. The van der Waals surface area contributed by atoms with Crippen LogP contribution in [0.5, 0.6) is 23.0 Å². The molecule has 0 fully saturated rings. The number of phenolic OH excluding ortho intramolecular Hbond substituents is 1. The van der Waals surface area contributed by atoms with Crippen molar-refractivity contribution in [2.45, 2.75) is 79.6 Å². The number of aromatic hydroxyl groups is 1. The highest BCUT2D eigenvalue weighted by atomic mass is 16.6. The van der Waals surface area contributed by atoms with Gasteiger partial charge in [0.15, 0.2) is 11.5 Å². The van der Waals surface area contributed by atoms with Crippen molar-refractivity contribution in [3.63, 3.8) is 0 Å². The number of ether oxygens (including phenoxy) is 4. The first-order chi connectivity index (χ1) is 12.2. The molecule has 0 radical (unpaired) electrons. The van der Waals surface area contributed by atoms with Crippen molar-refractivity contribution in [2.24, 2.45) is 0 Å². The van der Waals surface area contributed by atoms with Gasteiger partial charge in [0.05, 0.1) is 24.9 Å². The summed E-state index contributed by atoms with van der Waals surface area (Å²) in [5.41, 5.74) is 0.00325. The largest absolute Gasteiger partial charge is 0.504 e. The summed E-state index contributed by atoms with van der Waals surface area (Å²) in [4.78, 5) is 12.4. The molecule has 26 heavy (non-hydrogen) atoms. The van der Waals surface area contributed by atoms with Gasteiger partial charge in [0, 0.05) is 6.07 Å². The van der Waals surface area contributed by atoms with Crippen LogP contribution in [0, 0.1) is 0 Å². The number of hydrogen-bond donors (Lipinski definition) is 1. The van der Waals surface area contributed by atoms with Gasteiger partial charge >= 0.3 is 5.97 Å². The summed E-state index contributed by atoms with van der Waals surface area (Å²) < 4.78 is 22.6. The average molecular weight is 368 g/mol. The maximum Gasteiger partial charge on any atom is 0.342 e. The molecule has 1 aromatic carbocycles. The lowest BCUT2D eigenvalue weighted by atomic mass is 10.1. The van der Waals surface area contributed by atoms with E-state index in [2.05, 4.69) is 0 Å². The summed E-state index contributed by atoms with van der Waals surface area (Å²) in [6.07, 6.45) is 1.12. The molecule has 0 aliphatic heterocycles. The van der Waals surface area contributed by atoms with Gasteiger partial charge < -0.3 is 24.1 Å². The number of esters is 1. The standard InChI is InChI=1S/C20H32O6/c1-8-9-10-23-20(22)15-11-16(24-12(2)3)18(25-13(4)5)19(17(15)21)26-14(6)7/h11-14,21H,8-10H2,1-7H3. The van der Waals surface area contributed by atoms with Crippen LogP contribution < -0.4 is 14.2 Å². The predicted octanol–water partition coefficient (Wildman–Crippen LogP) is 4.71. The smallest absolute Gasteiger partial charge is 0.342 e. The monoisotopic (exact) mass is 368 g/mol. The zero-order valence-electron chi connectivity index (χ0n) is 16.9. The Labute approximate surface area is 156 Å². The normalized spacial score (nSPS) is 11.2. The summed E-state index contributed by atoms with van der Waals surface area (Å²) in [5.74, 6) is -0.204. The zero-order valence-corrected chi connectivity index (χ0v) is 16.9. The molecular formula is C20H32O6. The Morgan fingerprint density at radius 1 is 0.962 bits per heavy atom. The van der Waals surface area contributed by atoms with E-state index in [9.17, 15) is 9.90 Å². The highest BCUT2D eigenvalue weighted by molar-refractivity contribution is 5.95. The molecule has 0 atom stereocenters. The van der Waals surface area contributed by atoms with Crippen molar-refractivity contribution in [2.75, 3.05) is 6.61 Å². The molecule has 1 rings (SSSR count). The van der Waals surface area contributed by atoms with Crippen LogP contribution in [0.4, 0.5) is 0 Å². The number of carbonyl (C=O) groups is 1. The Bertz CT molecular complexity index is 592. The quantitative estimate of drug-likeness (QED) is 0.476. The van der Waals surface area contributed by atoms with E-state index in [1.807, 2.05) is 48.5 Å². The van der Waals surface area contributed by atoms with Gasteiger partial charge in [-0.3, -0.25) is 0 Å². The summed E-state index contributed by atoms with van der Waals surface area (Å²) in [6.45, 7) is 13.4. The van der Waals surface area contributed by atoms with Crippen molar-refractivity contribution in [3.8, 4) is 23.0 Å². The van der Waals surface area contributed by atoms with Gasteiger partial charge in [-0.2, -0.15) is 0 Å². The third-order valence-corrected chi connectivity index (χ3v) is 3.20. The SMILES string of the molecule is CCCCOC(=O)c1cc(OC(C)C)c(OC(C)C)c(OC(C)C)c1O. The van der Waals surface area contributed by atoms with E-state index >= 15 is 0 Å². The maximum absolute atomic E-state index is 12.4. The van der Waals surface area contributed by atoms with E-state index in [1.54, 1.807) is 0 Å². The number of rotatable bonds is 10. The average Bonchev–Trinajstić information content (AvgIpc) is 2.52. The van der Waals surface area contributed by atoms with Crippen LogP contribution in [0.3, 0.4) is 0 Å². The van der Waals surface area contributed by atoms with E-state index < -0.39 is 5.97 Å². The van der Waals surface area contributed by atoms with Crippen LogP contribution in [0.2, 0.25) is 0 Å². The summed E-state index contributed by atoms with van der Waals surface area (Å²) in [7, 11) is 0. The molecular weight excluding hydrogens is 336 g/mol. The first-order valence-corrected chi connectivity index (χ1v) is 9.24. The molecule has 148 valence electrons. The second-order valence-corrected chi connectivity index (χ2v) is 6.92. The lowest BCUT2D eigenvalue weighted by Crippen LogP contribution is -2.16. The lowest BCUT2D eigenvalue weighted by molar-refractivity contribution is 0.0493. The van der Waals surface area contributed by atoms with Crippen LogP contribution >= 0.6 is 0 Å². The van der Waals surface area contributed by atoms with Gasteiger partial charge in [0.1, 0.15) is 5.56 Å². The molecule has 6 nitrogen and oxygen atoms in total. The number of carbonyl (C=O) groups excluding carboxylic acids is 1. The molecule has 0 heterocycles. The van der Waals surface area contributed by atoms with E-state index in [4.69, 9.17) is 18.9 Å². The molecule has 1 aromatic rings. The molecule has 6 heteroatoms. The van der Waals surface area contributed by atoms with E-state index in [0.29, 0.717) is 12.4 Å². The third kappa shape index (κ3) is 6.32. The summed E-state index contributed by atoms with van der Waals surface area (Å²) in [5, 5.41) is 10.7. The highest BCUT2D eigenvalue weighted by Gasteiger charge is 2.27. The van der Waals surface area contributed by atoms with Gasteiger partial charge in [-0.25, -0.2) is 4.79 Å². The molecule has 0 aromatic heterocycles. The number of benzene rings is 1. The molecule has 0 saturated carbocycles. The van der Waals surface area contributed by atoms with Crippen LogP contribution in [-0.2, 0) is 4.74 Å². The third-order valence-electron chi connectivity index (χ3n) is 3.20. The minimum absolute atomic E-state index is 0.00325. The van der Waals surface area contributed by atoms with Gasteiger partial charge in [-0.15, -0.1) is 0 Å². The first-order valence-electron chi connectivity index (χ1n) is 9.24. The second-order valence-electron chi connectivity index (χ2n) is 6.92. The minimum atomic E-state index is -0.616. The minimum Gasteiger partial charge on any atom is -0.504 e. The molecule has 0 aliphatic rings. The van der Waals surface area contributed by atoms with Gasteiger partial charge in [-0.05, 0) is 48.0 Å². The fourth-order valence-electron chi connectivity index (χ4n) is 2.18. The van der Waals surface area contributed by atoms with Crippen LogP contribution in [0.1, 0.15) is 71.7 Å². The maximum atomic E-state index is 12.4. The van der Waals surface area contributed by atoms with Gasteiger partial charge in [-0.1, -0.05) is 13.3 Å². The molecule has 0 amide bonds. The Kier molecular flexibility index (Phi) is 8.55. The Balaban J connectivity index is 3.44. The molecule has 0 unspecified atom stereocenters. The van der Waals surface area contributed by atoms with E-state index in [0.717, 1.165) is 12.8 Å². The van der Waals surface area contributed by atoms with Crippen molar-refractivity contribution in [1.82, 2.24) is 0 Å². The summed E-state index contributed by atoms with van der Waals surface area (Å²) in [6, 6.07) is 1.45. The highest BCUT2D eigenvalue weighted by Crippen LogP contribution is 2.48.